The van der Waals surface area contributed by atoms with Gasteiger partial charge in [0.1, 0.15) is 6.10 Å². The van der Waals surface area contributed by atoms with Crippen LogP contribution in [0.4, 0.5) is 0 Å². The van der Waals surface area contributed by atoms with Crippen molar-refractivity contribution in [2.45, 2.75) is 56.6 Å². The van der Waals surface area contributed by atoms with E-state index < -0.39 is 6.10 Å². The van der Waals surface area contributed by atoms with E-state index in [0.717, 1.165) is 22.6 Å². The van der Waals surface area contributed by atoms with Crippen LogP contribution in [0.3, 0.4) is 0 Å². The molecule has 1 N–H and O–H groups in total. The summed E-state index contributed by atoms with van der Waals surface area (Å²) >= 11 is 8.05. The topological polar surface area (TPSA) is 32.7 Å². The summed E-state index contributed by atoms with van der Waals surface area (Å²) in [6.07, 6.45) is 0.739. The number of ether oxygens (including phenoxy) is 1. The van der Waals surface area contributed by atoms with Crippen molar-refractivity contribution in [3.63, 3.8) is 0 Å². The van der Waals surface area contributed by atoms with Gasteiger partial charge in [0, 0.05) is 35.5 Å². The van der Waals surface area contributed by atoms with Gasteiger partial charge in [-0.1, -0.05) is 41.6 Å². The molecule has 1 aliphatic heterocycles. The smallest absolute Gasteiger partial charge is 0.107 e. The standard InChI is InChI=1S/C25H30ClNO2S/c1-14-11-18-17-12-19(17)24(27(5)6)30-23(18)22(15-7-9-16(26)10-8-15)21(14)20(13-28)29-25(2,3)4/h7-11,17,20,28H,12-13H2,1-6H3/t17?,20-/m1/s1. The Labute approximate surface area is 189 Å². The fourth-order valence-corrected chi connectivity index (χ4v) is 5.88. The first-order valence-corrected chi connectivity index (χ1v) is 11.6. The largest absolute Gasteiger partial charge is 0.393 e. The van der Waals surface area contributed by atoms with Crippen molar-refractivity contribution in [1.82, 2.24) is 4.90 Å². The Balaban J connectivity index is 1.95. The number of thioether (sulfide) groups is 1. The van der Waals surface area contributed by atoms with Gasteiger partial charge in [0.15, 0.2) is 0 Å². The summed E-state index contributed by atoms with van der Waals surface area (Å²) in [5.41, 5.74) is 7.10. The first-order valence-electron chi connectivity index (χ1n) is 10.4. The predicted octanol–water partition coefficient (Wildman–Crippen LogP) is 6.53. The summed E-state index contributed by atoms with van der Waals surface area (Å²) < 4.78 is 6.33. The molecule has 160 valence electrons. The second kappa shape index (κ2) is 7.90. The molecule has 0 saturated heterocycles. The summed E-state index contributed by atoms with van der Waals surface area (Å²) in [5, 5.41) is 12.4. The summed E-state index contributed by atoms with van der Waals surface area (Å²) in [6, 6.07) is 10.3. The van der Waals surface area contributed by atoms with E-state index in [1.807, 2.05) is 44.7 Å². The van der Waals surface area contributed by atoms with Crippen molar-refractivity contribution < 1.29 is 9.84 Å². The Kier molecular flexibility index (Phi) is 5.73. The minimum absolute atomic E-state index is 0.0623. The summed E-state index contributed by atoms with van der Waals surface area (Å²) in [5.74, 6) is 0.508. The number of rotatable bonds is 5. The van der Waals surface area contributed by atoms with Crippen molar-refractivity contribution in [3.8, 4) is 11.1 Å². The number of halogens is 1. The van der Waals surface area contributed by atoms with E-state index in [-0.39, 0.29) is 12.2 Å². The number of fused-ring (bicyclic) bond motifs is 3. The molecule has 30 heavy (non-hydrogen) atoms. The second-order valence-electron chi connectivity index (χ2n) is 9.39. The van der Waals surface area contributed by atoms with Gasteiger partial charge >= 0.3 is 0 Å². The average molecular weight is 444 g/mol. The molecule has 1 saturated carbocycles. The Morgan fingerprint density at radius 3 is 2.47 bits per heavy atom. The zero-order valence-electron chi connectivity index (χ0n) is 18.5. The predicted molar refractivity (Wildman–Crippen MR) is 126 cm³/mol. The van der Waals surface area contributed by atoms with Crippen molar-refractivity contribution in [2.24, 2.45) is 0 Å². The van der Waals surface area contributed by atoms with E-state index in [2.05, 4.69) is 44.1 Å². The maximum atomic E-state index is 10.3. The maximum Gasteiger partial charge on any atom is 0.107 e. The fraction of sp³-hybridized carbons (Fsp3) is 0.440. The molecule has 1 aliphatic carbocycles. The summed E-state index contributed by atoms with van der Waals surface area (Å²) in [4.78, 5) is 3.51. The van der Waals surface area contributed by atoms with Crippen LogP contribution in [-0.2, 0) is 4.74 Å². The Bertz CT molecular complexity index is 1010. The molecule has 1 unspecified atom stereocenters. The van der Waals surface area contributed by atoms with Gasteiger partial charge in [0.05, 0.1) is 17.2 Å². The molecule has 2 aromatic carbocycles. The van der Waals surface area contributed by atoms with Crippen molar-refractivity contribution in [3.05, 3.63) is 62.6 Å². The van der Waals surface area contributed by atoms with E-state index in [4.69, 9.17) is 16.3 Å². The van der Waals surface area contributed by atoms with Crippen LogP contribution in [0.2, 0.25) is 5.02 Å². The second-order valence-corrected chi connectivity index (χ2v) is 10.8. The lowest BCUT2D eigenvalue weighted by Gasteiger charge is -2.32. The van der Waals surface area contributed by atoms with E-state index in [1.54, 1.807) is 0 Å². The van der Waals surface area contributed by atoms with Crippen LogP contribution < -0.4 is 0 Å². The Morgan fingerprint density at radius 2 is 1.90 bits per heavy atom. The van der Waals surface area contributed by atoms with Crippen molar-refractivity contribution >= 4 is 23.4 Å². The molecule has 4 rings (SSSR count). The molecule has 0 radical (unpaired) electrons. The normalized spacial score (nSPS) is 18.7. The van der Waals surface area contributed by atoms with Gasteiger partial charge in [-0.3, -0.25) is 0 Å². The van der Waals surface area contributed by atoms with Gasteiger partial charge in [-0.05, 0) is 74.1 Å². The lowest BCUT2D eigenvalue weighted by Crippen LogP contribution is -2.26. The number of aryl methyl sites for hydroxylation is 1. The number of hydrogen-bond donors (Lipinski definition) is 1. The van der Waals surface area contributed by atoms with Crippen molar-refractivity contribution in [2.75, 3.05) is 20.7 Å². The number of benzene rings is 2. The first kappa shape index (κ1) is 21.8. The molecule has 3 nitrogen and oxygen atoms in total. The number of aliphatic hydroxyl groups is 1. The third-order valence-electron chi connectivity index (χ3n) is 5.61. The van der Waals surface area contributed by atoms with E-state index in [0.29, 0.717) is 5.92 Å². The van der Waals surface area contributed by atoms with Gasteiger partial charge < -0.3 is 14.7 Å². The van der Waals surface area contributed by atoms with Gasteiger partial charge in [0.2, 0.25) is 0 Å². The average Bonchev–Trinajstić information content (AvgIpc) is 3.46. The van der Waals surface area contributed by atoms with Crippen LogP contribution in [0.5, 0.6) is 0 Å². The monoisotopic (exact) mass is 443 g/mol. The molecule has 2 aliphatic rings. The zero-order valence-corrected chi connectivity index (χ0v) is 20.1. The highest BCUT2D eigenvalue weighted by atomic mass is 35.5. The Morgan fingerprint density at radius 1 is 1.23 bits per heavy atom. The minimum atomic E-state index is -0.394. The van der Waals surface area contributed by atoms with Crippen LogP contribution in [0, 0.1) is 6.92 Å². The molecule has 5 heteroatoms. The molecule has 2 aromatic rings. The molecule has 1 heterocycles. The highest BCUT2D eigenvalue weighted by molar-refractivity contribution is 8.03. The van der Waals surface area contributed by atoms with Crippen LogP contribution in [0.25, 0.3) is 11.1 Å². The zero-order chi connectivity index (χ0) is 21.8. The SMILES string of the molecule is Cc1cc2c(c(-c3ccc(Cl)cc3)c1[C@@H](CO)OC(C)(C)C)SC(N(C)C)=C1CC12. The number of hydrogen-bond acceptors (Lipinski definition) is 4. The van der Waals surface area contributed by atoms with Gasteiger partial charge in [-0.2, -0.15) is 0 Å². The minimum Gasteiger partial charge on any atom is -0.393 e. The van der Waals surface area contributed by atoms with Gasteiger partial charge in [-0.15, -0.1) is 0 Å². The lowest BCUT2D eigenvalue weighted by molar-refractivity contribution is -0.0822. The maximum absolute atomic E-state index is 10.3. The van der Waals surface area contributed by atoms with Gasteiger partial charge in [0.25, 0.3) is 0 Å². The molecule has 0 spiro atoms. The quantitative estimate of drug-likeness (QED) is 0.569. The highest BCUT2D eigenvalue weighted by Gasteiger charge is 2.43. The molecule has 1 fully saturated rings. The van der Waals surface area contributed by atoms with Crippen LogP contribution in [-0.4, -0.2) is 36.3 Å². The van der Waals surface area contributed by atoms with Crippen LogP contribution in [0.1, 0.15) is 55.9 Å². The number of allylic oxidation sites excluding steroid dienone is 1. The summed E-state index contributed by atoms with van der Waals surface area (Å²) in [6.45, 7) is 8.17. The molecular weight excluding hydrogens is 414 g/mol. The van der Waals surface area contributed by atoms with Crippen molar-refractivity contribution in [1.29, 1.82) is 0 Å². The highest BCUT2D eigenvalue weighted by Crippen LogP contribution is 2.61. The van der Waals surface area contributed by atoms with E-state index in [9.17, 15) is 5.11 Å². The first-order chi connectivity index (χ1) is 14.1. The molecular formula is C25H30ClNO2S. The molecule has 2 atom stereocenters. The summed E-state index contributed by atoms with van der Waals surface area (Å²) in [7, 11) is 4.23. The lowest BCUT2D eigenvalue weighted by atomic mass is 9.88. The number of nitrogens with zero attached hydrogens (tertiary/aromatic N) is 1. The fourth-order valence-electron chi connectivity index (χ4n) is 4.38. The molecule has 0 aromatic heterocycles. The van der Waals surface area contributed by atoms with Crippen LogP contribution in [0.15, 0.2) is 45.8 Å². The van der Waals surface area contributed by atoms with E-state index in [1.165, 1.54) is 32.2 Å². The van der Waals surface area contributed by atoms with Gasteiger partial charge in [-0.25, -0.2) is 0 Å². The molecule has 0 amide bonds. The Hall–Kier alpha value is -1.46. The van der Waals surface area contributed by atoms with Crippen LogP contribution >= 0.6 is 23.4 Å². The number of aliphatic hydroxyl groups excluding tert-OH is 1. The van der Waals surface area contributed by atoms with E-state index >= 15 is 0 Å². The molecule has 0 bridgehead atoms. The third-order valence-corrected chi connectivity index (χ3v) is 7.33. The third kappa shape index (κ3) is 4.03.